The Hall–Kier alpha value is -4.10. The van der Waals surface area contributed by atoms with Crippen LogP contribution in [0.5, 0.6) is 5.75 Å². The monoisotopic (exact) mass is 513 g/mol. The second kappa shape index (κ2) is 12.7. The number of alkyl carbamates (subject to hydrolysis) is 1. The highest BCUT2D eigenvalue weighted by atomic mass is 16.6. The number of aromatic nitrogens is 1. The lowest BCUT2D eigenvalue weighted by Crippen LogP contribution is -2.47. The van der Waals surface area contributed by atoms with E-state index in [0.29, 0.717) is 32.1 Å². The van der Waals surface area contributed by atoms with E-state index < -0.39 is 29.7 Å². The van der Waals surface area contributed by atoms with Crippen LogP contribution in [-0.4, -0.2) is 72.5 Å². The quantitative estimate of drug-likeness (QED) is 0.272. The van der Waals surface area contributed by atoms with E-state index in [2.05, 4.69) is 25.8 Å². The number of esters is 1. The van der Waals surface area contributed by atoms with E-state index >= 15 is 0 Å². The van der Waals surface area contributed by atoms with Crippen LogP contribution >= 0.6 is 0 Å². The summed E-state index contributed by atoms with van der Waals surface area (Å²) >= 11 is 0. The maximum atomic E-state index is 12.9. The molecule has 2 aromatic rings. The first-order valence-corrected chi connectivity index (χ1v) is 11.6. The molecule has 1 aliphatic heterocycles. The summed E-state index contributed by atoms with van der Waals surface area (Å²) in [4.78, 5) is 42.6. The van der Waals surface area contributed by atoms with E-state index in [1.807, 2.05) is 6.07 Å². The first kappa shape index (κ1) is 27.5. The van der Waals surface area contributed by atoms with Crippen LogP contribution in [-0.2, 0) is 19.1 Å². The molecule has 1 aliphatic rings. The third-order valence-corrected chi connectivity index (χ3v) is 4.80. The lowest BCUT2D eigenvalue weighted by atomic mass is 10.2. The van der Waals surface area contributed by atoms with Crippen LogP contribution in [0.3, 0.4) is 0 Å². The normalized spacial score (nSPS) is 15.1. The number of anilines is 2. The Morgan fingerprint density at radius 2 is 1.84 bits per heavy atom. The predicted molar refractivity (Wildman–Crippen MR) is 134 cm³/mol. The number of nitrogens with two attached hydrogens (primary N) is 1. The molecule has 4 N–H and O–H groups in total. The third-order valence-electron chi connectivity index (χ3n) is 4.80. The summed E-state index contributed by atoms with van der Waals surface area (Å²) in [5.74, 6) is -0.587. The van der Waals surface area contributed by atoms with Crippen LogP contribution in [0.15, 0.2) is 52.7 Å². The van der Waals surface area contributed by atoms with E-state index in [9.17, 15) is 14.4 Å². The molecule has 198 valence electrons. The predicted octanol–water partition coefficient (Wildman–Crippen LogP) is 2.47. The molecule has 13 heteroatoms. The third kappa shape index (κ3) is 9.13. The maximum Gasteiger partial charge on any atom is 0.408 e. The van der Waals surface area contributed by atoms with Gasteiger partial charge in [0.2, 0.25) is 12.1 Å². The number of rotatable bonds is 8. The Labute approximate surface area is 214 Å². The zero-order valence-electron chi connectivity index (χ0n) is 21.0. The summed E-state index contributed by atoms with van der Waals surface area (Å²) in [6, 6.07) is 11.6. The van der Waals surface area contributed by atoms with Crippen LogP contribution in [0.1, 0.15) is 20.8 Å². The highest BCUT2D eigenvalue weighted by Gasteiger charge is 2.29. The molecule has 2 amide bonds. The molecule has 1 fully saturated rings. The minimum Gasteiger partial charge on any atom is -0.444 e. The van der Waals surface area contributed by atoms with Crippen molar-refractivity contribution < 1.29 is 28.6 Å². The van der Waals surface area contributed by atoms with Gasteiger partial charge in [-0.1, -0.05) is 18.2 Å². The van der Waals surface area contributed by atoms with Gasteiger partial charge >= 0.3 is 12.1 Å². The lowest BCUT2D eigenvalue weighted by molar-refractivity contribution is -0.142. The molecular formula is C24H31N7O6. The zero-order chi connectivity index (χ0) is 26.8. The molecule has 1 aromatic heterocycles. The van der Waals surface area contributed by atoms with Crippen molar-refractivity contribution in [3.8, 4) is 5.75 Å². The van der Waals surface area contributed by atoms with Crippen molar-refractivity contribution in [2.24, 2.45) is 10.2 Å². The molecule has 1 atom stereocenters. The number of benzene rings is 1. The van der Waals surface area contributed by atoms with Crippen LogP contribution in [0, 0.1) is 0 Å². The molecule has 0 bridgehead atoms. The standard InChI is InChI=1S/C24H31N7O6/c1-24(2,3)37-23(34)26-15-19(32)27-18-10-9-17(20(25)28-18)29-30-21(31-11-13-35-14-12-31)22(33)36-16-7-5-4-6-8-16/h4-10,21H,11-15H2,1-3H3,(H,26,34)(H3,25,27,28,32)/b30-29+. The number of amides is 2. The number of carbonyl (C=O) groups excluding carboxylic acids is 3. The zero-order valence-corrected chi connectivity index (χ0v) is 21.0. The summed E-state index contributed by atoms with van der Waals surface area (Å²) in [5, 5.41) is 13.2. The van der Waals surface area contributed by atoms with Crippen molar-refractivity contribution in [2.75, 3.05) is 43.9 Å². The van der Waals surface area contributed by atoms with Crippen molar-refractivity contribution in [1.82, 2.24) is 15.2 Å². The van der Waals surface area contributed by atoms with E-state index in [1.54, 1.807) is 49.9 Å². The van der Waals surface area contributed by atoms with Gasteiger partial charge in [-0.3, -0.25) is 9.69 Å². The van der Waals surface area contributed by atoms with Gasteiger partial charge in [-0.25, -0.2) is 14.6 Å². The fraction of sp³-hybridized carbons (Fsp3) is 0.417. The van der Waals surface area contributed by atoms with Gasteiger partial charge in [-0.05, 0) is 45.0 Å². The van der Waals surface area contributed by atoms with Gasteiger partial charge in [0.1, 0.15) is 29.4 Å². The van der Waals surface area contributed by atoms with E-state index in [1.165, 1.54) is 12.1 Å². The molecule has 1 unspecified atom stereocenters. The summed E-state index contributed by atoms with van der Waals surface area (Å²) < 4.78 is 15.9. The van der Waals surface area contributed by atoms with Crippen molar-refractivity contribution in [3.05, 3.63) is 42.5 Å². The summed E-state index contributed by atoms with van der Waals surface area (Å²) in [7, 11) is 0. The molecular weight excluding hydrogens is 482 g/mol. The van der Waals surface area contributed by atoms with Gasteiger partial charge in [0.15, 0.2) is 5.82 Å². The molecule has 0 spiro atoms. The number of carbonyl (C=O) groups is 3. The second-order valence-electron chi connectivity index (χ2n) is 8.98. The number of nitrogens with one attached hydrogen (secondary N) is 2. The molecule has 0 saturated carbocycles. The fourth-order valence-electron chi connectivity index (χ4n) is 3.14. The number of morpholine rings is 1. The number of azo groups is 1. The SMILES string of the molecule is CC(C)(C)OC(=O)NCC(=O)Nc1ccc(/N=N/C(C(=O)Oc2ccccc2)N2CCOCC2)c(N)n1. The summed E-state index contributed by atoms with van der Waals surface area (Å²) in [6.45, 7) is 6.68. The number of hydrogen-bond acceptors (Lipinski definition) is 11. The average molecular weight is 514 g/mol. The van der Waals surface area contributed by atoms with Gasteiger partial charge < -0.3 is 30.6 Å². The first-order chi connectivity index (χ1) is 17.6. The van der Waals surface area contributed by atoms with Crippen molar-refractivity contribution in [1.29, 1.82) is 0 Å². The molecule has 0 radical (unpaired) electrons. The Kier molecular flexibility index (Phi) is 9.46. The number of hydrogen-bond donors (Lipinski definition) is 3. The van der Waals surface area contributed by atoms with Crippen molar-refractivity contribution >= 4 is 35.3 Å². The van der Waals surface area contributed by atoms with Crippen molar-refractivity contribution in [3.63, 3.8) is 0 Å². The van der Waals surface area contributed by atoms with E-state index in [-0.39, 0.29) is 23.9 Å². The molecule has 0 aliphatic carbocycles. The van der Waals surface area contributed by atoms with E-state index in [0.717, 1.165) is 0 Å². The minimum absolute atomic E-state index is 0.0150. The number of pyridine rings is 1. The van der Waals surface area contributed by atoms with E-state index in [4.69, 9.17) is 19.9 Å². The van der Waals surface area contributed by atoms with Crippen LogP contribution in [0.25, 0.3) is 0 Å². The Balaban J connectivity index is 1.64. The Bertz CT molecular complexity index is 1110. The fourth-order valence-corrected chi connectivity index (χ4v) is 3.14. The molecule has 1 saturated heterocycles. The maximum absolute atomic E-state index is 12.9. The number of nitrogen functional groups attached to an aromatic ring is 1. The minimum atomic E-state index is -1.01. The molecule has 2 heterocycles. The largest absolute Gasteiger partial charge is 0.444 e. The van der Waals surface area contributed by atoms with Crippen LogP contribution in [0.4, 0.5) is 22.1 Å². The second-order valence-corrected chi connectivity index (χ2v) is 8.98. The number of ether oxygens (including phenoxy) is 3. The van der Waals surface area contributed by atoms with Gasteiger partial charge in [0, 0.05) is 13.1 Å². The van der Waals surface area contributed by atoms with Crippen LogP contribution < -0.4 is 21.1 Å². The van der Waals surface area contributed by atoms with Crippen LogP contribution in [0.2, 0.25) is 0 Å². The van der Waals surface area contributed by atoms with Crippen molar-refractivity contribution in [2.45, 2.75) is 32.5 Å². The van der Waals surface area contributed by atoms with Gasteiger partial charge in [0.25, 0.3) is 0 Å². The highest BCUT2D eigenvalue weighted by molar-refractivity contribution is 5.93. The molecule has 1 aromatic carbocycles. The highest BCUT2D eigenvalue weighted by Crippen LogP contribution is 2.23. The van der Waals surface area contributed by atoms with Gasteiger partial charge in [0.05, 0.1) is 13.2 Å². The first-order valence-electron chi connectivity index (χ1n) is 11.6. The molecule has 3 rings (SSSR count). The Morgan fingerprint density at radius 3 is 2.49 bits per heavy atom. The average Bonchev–Trinajstić information content (AvgIpc) is 2.84. The Morgan fingerprint density at radius 1 is 1.14 bits per heavy atom. The smallest absolute Gasteiger partial charge is 0.408 e. The molecule has 37 heavy (non-hydrogen) atoms. The number of para-hydroxylation sites is 1. The molecule has 13 nitrogen and oxygen atoms in total. The van der Waals surface area contributed by atoms with Gasteiger partial charge in [-0.2, -0.15) is 5.11 Å². The van der Waals surface area contributed by atoms with Gasteiger partial charge in [-0.15, -0.1) is 5.11 Å². The summed E-state index contributed by atoms with van der Waals surface area (Å²) in [6.07, 6.45) is -1.73. The lowest BCUT2D eigenvalue weighted by Gasteiger charge is -2.29. The topological polar surface area (TPSA) is 170 Å². The summed E-state index contributed by atoms with van der Waals surface area (Å²) in [5.41, 5.74) is 5.52. The number of nitrogens with zero attached hydrogens (tertiary/aromatic N) is 4.